The quantitative estimate of drug-likeness (QED) is 0.0435. The zero-order valence-corrected chi connectivity index (χ0v) is 40.4. The number of pyridine rings is 1. The SMILES string of the molecule is COC(=O)N[C@H](C(=O)N[C@@H](Cc1ccccc1)[C@H](CN(Cc1ccc(-c2ccccn2)cc1)NC(=O)[C@@H](NC(=O)OC)C(C)(C)C)OCOP(=O)([O-])[O-])C(C)(C)C.[Na+].[Na+]. The summed E-state index contributed by atoms with van der Waals surface area (Å²) in [6, 6.07) is 18.7. The zero-order valence-electron chi connectivity index (χ0n) is 35.5. The van der Waals surface area contributed by atoms with Crippen LogP contribution in [0, 0.1) is 10.8 Å². The minimum Gasteiger partial charge on any atom is -0.790 e. The number of hydrazine groups is 1. The van der Waals surface area contributed by atoms with Crippen LogP contribution in [0.5, 0.6) is 0 Å². The Morgan fingerprint density at radius 3 is 1.78 bits per heavy atom. The van der Waals surface area contributed by atoms with Gasteiger partial charge in [-0.3, -0.25) is 20.0 Å². The van der Waals surface area contributed by atoms with E-state index < -0.39 is 73.7 Å². The van der Waals surface area contributed by atoms with E-state index in [4.69, 9.17) is 14.2 Å². The van der Waals surface area contributed by atoms with E-state index in [0.29, 0.717) is 5.56 Å². The van der Waals surface area contributed by atoms with Gasteiger partial charge in [-0.05, 0) is 40.5 Å². The predicted octanol–water partition coefficient (Wildman–Crippen LogP) is -2.95. The number of methoxy groups -OCH3 is 2. The first-order chi connectivity index (χ1) is 26.7. The number of ether oxygens (including phenoxy) is 3. The van der Waals surface area contributed by atoms with Crippen LogP contribution in [0.2, 0.25) is 0 Å². The monoisotopic (exact) mass is 858 g/mol. The summed E-state index contributed by atoms with van der Waals surface area (Å²) in [7, 11) is -3.17. The topological polar surface area (TPSA) is 233 Å². The Morgan fingerprint density at radius 1 is 0.746 bits per heavy atom. The van der Waals surface area contributed by atoms with Gasteiger partial charge in [0.1, 0.15) is 12.1 Å². The first kappa shape index (κ1) is 54.1. The molecule has 2 aromatic carbocycles. The average Bonchev–Trinajstić information content (AvgIpc) is 3.14. The van der Waals surface area contributed by atoms with Crippen molar-refractivity contribution in [3.8, 4) is 11.3 Å². The van der Waals surface area contributed by atoms with Crippen LogP contribution in [0.4, 0.5) is 9.59 Å². The molecule has 0 aliphatic rings. The van der Waals surface area contributed by atoms with Crippen LogP contribution < -0.4 is 90.3 Å². The number of carbonyl (C=O) groups is 4. The predicted molar refractivity (Wildman–Crippen MR) is 206 cm³/mol. The first-order valence-corrected chi connectivity index (χ1v) is 19.5. The third-order valence-corrected chi connectivity index (χ3v) is 9.10. The van der Waals surface area contributed by atoms with Crippen LogP contribution in [-0.4, -0.2) is 85.8 Å². The van der Waals surface area contributed by atoms with Crippen molar-refractivity contribution in [1.29, 1.82) is 0 Å². The van der Waals surface area contributed by atoms with Crippen molar-refractivity contribution < 1.29 is 111 Å². The van der Waals surface area contributed by atoms with Crippen molar-refractivity contribution in [2.45, 2.75) is 78.7 Å². The second kappa shape index (κ2) is 25.1. The Kier molecular flexibility index (Phi) is 23.1. The summed E-state index contributed by atoms with van der Waals surface area (Å²) in [5, 5.41) is 9.56. The van der Waals surface area contributed by atoms with Gasteiger partial charge in [0.15, 0.2) is 6.79 Å². The van der Waals surface area contributed by atoms with E-state index in [1.807, 2.05) is 36.4 Å². The number of amides is 4. The molecule has 0 spiro atoms. The Labute approximate surface area is 390 Å². The van der Waals surface area contributed by atoms with E-state index in [1.165, 1.54) is 19.2 Å². The molecule has 0 fully saturated rings. The van der Waals surface area contributed by atoms with E-state index in [2.05, 4.69) is 30.9 Å². The van der Waals surface area contributed by atoms with Gasteiger partial charge in [-0.15, -0.1) is 0 Å². The van der Waals surface area contributed by atoms with Gasteiger partial charge in [0.05, 0.1) is 39.9 Å². The molecule has 59 heavy (non-hydrogen) atoms. The molecule has 0 aliphatic heterocycles. The van der Waals surface area contributed by atoms with Crippen LogP contribution in [0.15, 0.2) is 79.0 Å². The van der Waals surface area contributed by atoms with Crippen LogP contribution in [-0.2, 0) is 45.9 Å². The Hall–Kier alpha value is -2.90. The maximum absolute atomic E-state index is 14.1. The molecule has 1 aromatic heterocycles. The number of alkyl carbamates (subject to hydrolysis) is 2. The van der Waals surface area contributed by atoms with Crippen molar-refractivity contribution >= 4 is 31.8 Å². The molecule has 0 bridgehead atoms. The van der Waals surface area contributed by atoms with Gasteiger partial charge in [0.25, 0.3) is 5.91 Å². The van der Waals surface area contributed by atoms with Gasteiger partial charge in [-0.1, -0.05) is 102 Å². The maximum atomic E-state index is 14.1. The van der Waals surface area contributed by atoms with Crippen LogP contribution in [0.1, 0.15) is 52.7 Å². The summed E-state index contributed by atoms with van der Waals surface area (Å²) in [5.41, 5.74) is 4.27. The summed E-state index contributed by atoms with van der Waals surface area (Å²) >= 11 is 0. The van der Waals surface area contributed by atoms with E-state index in [0.717, 1.165) is 16.8 Å². The summed E-state index contributed by atoms with van der Waals surface area (Å²) < 4.78 is 31.5. The second-order valence-electron chi connectivity index (χ2n) is 15.3. The molecule has 4 amide bonds. The fourth-order valence-electron chi connectivity index (χ4n) is 5.71. The van der Waals surface area contributed by atoms with Gasteiger partial charge in [-0.2, -0.15) is 0 Å². The first-order valence-electron chi connectivity index (χ1n) is 18.1. The van der Waals surface area contributed by atoms with E-state index in [9.17, 15) is 33.5 Å². The van der Waals surface area contributed by atoms with Gasteiger partial charge in [-0.25, -0.2) is 14.6 Å². The number of rotatable bonds is 18. The maximum Gasteiger partial charge on any atom is 1.00 e. The van der Waals surface area contributed by atoms with Crippen molar-refractivity contribution in [2.24, 2.45) is 10.8 Å². The van der Waals surface area contributed by atoms with Crippen LogP contribution in [0.3, 0.4) is 0 Å². The number of hydrogen-bond donors (Lipinski definition) is 4. The minimum absolute atomic E-state index is 0. The molecule has 20 heteroatoms. The fourth-order valence-corrected chi connectivity index (χ4v) is 5.90. The van der Waals surface area contributed by atoms with Gasteiger partial charge < -0.3 is 49.0 Å². The average molecular weight is 859 g/mol. The van der Waals surface area contributed by atoms with Gasteiger partial charge in [0, 0.05) is 24.8 Å². The van der Waals surface area contributed by atoms with Gasteiger partial charge >= 0.3 is 71.3 Å². The molecule has 0 aliphatic carbocycles. The van der Waals surface area contributed by atoms with E-state index >= 15 is 0 Å². The smallest absolute Gasteiger partial charge is 0.790 e. The number of phosphoric ester groups is 1. The van der Waals surface area contributed by atoms with Crippen LogP contribution in [0.25, 0.3) is 11.3 Å². The van der Waals surface area contributed by atoms with Crippen molar-refractivity contribution in [2.75, 3.05) is 27.6 Å². The number of benzene rings is 2. The van der Waals surface area contributed by atoms with Crippen molar-refractivity contribution in [1.82, 2.24) is 31.4 Å². The Balaban J connectivity index is 0.00000870. The summed E-state index contributed by atoms with van der Waals surface area (Å²) in [5.74, 6) is -1.26. The molecule has 0 unspecified atom stereocenters. The molecule has 312 valence electrons. The summed E-state index contributed by atoms with van der Waals surface area (Å²) in [4.78, 5) is 80.2. The van der Waals surface area contributed by atoms with Gasteiger partial charge in [0.2, 0.25) is 5.91 Å². The molecule has 4 atom stereocenters. The number of nitrogens with one attached hydrogen (secondary N) is 4. The molecule has 0 saturated carbocycles. The standard InChI is InChI=1S/C39H55N6O11P.2Na/c1-38(2,3)32(42-36(48)53-7)34(46)41-30(22-26-14-10-9-11-15-26)31(55-25-56-57(50,51)52)24-45(44-35(47)33(39(4,5)6)43-37(49)54-8)23-27-17-19-28(20-18-27)29-16-12-13-21-40-29;;/h9-21,30-33H,22-25H2,1-8H3,(H,41,46)(H,42,48)(H,43,49)(H,44,47)(H2,50,51,52);;/q;2*+1/p-2/t30-,31-,32+,33+;;/m0../s1. The molecule has 3 rings (SSSR count). The molecular weight excluding hydrogens is 805 g/mol. The third-order valence-electron chi connectivity index (χ3n) is 8.68. The van der Waals surface area contributed by atoms with Crippen LogP contribution >= 0.6 is 7.82 Å². The molecule has 0 saturated heterocycles. The number of aromatic nitrogens is 1. The number of hydrogen-bond acceptors (Lipinski definition) is 13. The Bertz CT molecular complexity index is 1810. The fraction of sp³-hybridized carbons (Fsp3) is 0.462. The van der Waals surface area contributed by atoms with Crippen molar-refractivity contribution in [3.05, 3.63) is 90.1 Å². The minimum atomic E-state index is -5.51. The molecule has 1 heterocycles. The third kappa shape index (κ3) is 19.1. The Morgan fingerprint density at radius 2 is 1.29 bits per heavy atom. The van der Waals surface area contributed by atoms with E-state index in [1.54, 1.807) is 84.1 Å². The van der Waals surface area contributed by atoms with E-state index in [-0.39, 0.29) is 78.6 Å². The number of nitrogens with zero attached hydrogens (tertiary/aromatic N) is 2. The second-order valence-corrected chi connectivity index (χ2v) is 16.5. The molecular formula is C39H53N6Na2O11P. The summed E-state index contributed by atoms with van der Waals surface area (Å²) in [6.45, 7) is 9.25. The normalized spacial score (nSPS) is 13.6. The number of phosphoric acid groups is 1. The molecule has 17 nitrogen and oxygen atoms in total. The molecule has 0 radical (unpaired) electrons. The molecule has 3 aromatic rings. The molecule has 4 N–H and O–H groups in total. The largest absolute Gasteiger partial charge is 1.00 e. The summed E-state index contributed by atoms with van der Waals surface area (Å²) in [6.07, 6.45) is -1.09. The zero-order chi connectivity index (χ0) is 42.4. The van der Waals surface area contributed by atoms with Crippen molar-refractivity contribution in [3.63, 3.8) is 0 Å². The number of carbonyl (C=O) groups excluding carboxylic acids is 4.